The molecule has 78 valence electrons. The van der Waals surface area contributed by atoms with Crippen molar-refractivity contribution >= 4 is 6.08 Å². The molecule has 1 saturated carbocycles. The van der Waals surface area contributed by atoms with Gasteiger partial charge < -0.3 is 0 Å². The van der Waals surface area contributed by atoms with E-state index in [2.05, 4.69) is 38.1 Å². The van der Waals surface area contributed by atoms with E-state index in [9.17, 15) is 0 Å². The average molecular weight is 198 g/mol. The van der Waals surface area contributed by atoms with Gasteiger partial charge in [0.25, 0.3) is 0 Å². The van der Waals surface area contributed by atoms with Gasteiger partial charge in [0.05, 0.1) is 0 Å². The summed E-state index contributed by atoms with van der Waals surface area (Å²) in [6, 6.07) is 4.85. The third-order valence-corrected chi connectivity index (χ3v) is 3.64. The molecule has 3 rings (SSSR count). The van der Waals surface area contributed by atoms with Gasteiger partial charge in [0.15, 0.2) is 0 Å². The molecule has 0 bridgehead atoms. The summed E-state index contributed by atoms with van der Waals surface area (Å²) in [6.45, 7) is 4.58. The molecule has 15 heavy (non-hydrogen) atoms. The SMILES string of the molecule is CC(C)c1cc2c(c(C3CC3)c1)CC=C2. The second kappa shape index (κ2) is 3.23. The number of benzene rings is 1. The summed E-state index contributed by atoms with van der Waals surface area (Å²) in [4.78, 5) is 0. The van der Waals surface area contributed by atoms with Crippen LogP contribution in [-0.4, -0.2) is 0 Å². The summed E-state index contributed by atoms with van der Waals surface area (Å²) in [7, 11) is 0. The molecular weight excluding hydrogens is 180 g/mol. The quantitative estimate of drug-likeness (QED) is 0.666. The highest BCUT2D eigenvalue weighted by atomic mass is 14.3. The van der Waals surface area contributed by atoms with Crippen LogP contribution in [0.1, 0.15) is 60.8 Å². The number of fused-ring (bicyclic) bond motifs is 1. The van der Waals surface area contributed by atoms with Crippen molar-refractivity contribution in [2.24, 2.45) is 0 Å². The summed E-state index contributed by atoms with van der Waals surface area (Å²) in [5.74, 6) is 1.54. The van der Waals surface area contributed by atoms with Crippen LogP contribution in [0.4, 0.5) is 0 Å². The lowest BCUT2D eigenvalue weighted by Gasteiger charge is -2.13. The summed E-state index contributed by atoms with van der Waals surface area (Å²) in [5, 5.41) is 0. The van der Waals surface area contributed by atoms with Crippen molar-refractivity contribution in [1.82, 2.24) is 0 Å². The zero-order valence-corrected chi connectivity index (χ0v) is 9.59. The topological polar surface area (TPSA) is 0 Å². The molecule has 1 aromatic rings. The molecule has 0 saturated heterocycles. The molecule has 0 heterocycles. The van der Waals surface area contributed by atoms with Crippen molar-refractivity contribution < 1.29 is 0 Å². The van der Waals surface area contributed by atoms with Crippen LogP contribution >= 0.6 is 0 Å². The maximum Gasteiger partial charge on any atom is -0.00853 e. The van der Waals surface area contributed by atoms with Gasteiger partial charge in [0.2, 0.25) is 0 Å². The Morgan fingerprint density at radius 3 is 2.67 bits per heavy atom. The normalized spacial score (nSPS) is 18.6. The lowest BCUT2D eigenvalue weighted by molar-refractivity contribution is 0.859. The largest absolute Gasteiger partial charge is 0.0795 e. The molecule has 1 fully saturated rings. The van der Waals surface area contributed by atoms with Crippen LogP contribution < -0.4 is 0 Å². The maximum absolute atomic E-state index is 2.47. The minimum Gasteiger partial charge on any atom is -0.0795 e. The Balaban J connectivity index is 2.13. The fourth-order valence-corrected chi connectivity index (χ4v) is 2.52. The van der Waals surface area contributed by atoms with Gasteiger partial charge in [0, 0.05) is 0 Å². The van der Waals surface area contributed by atoms with Gasteiger partial charge in [0.1, 0.15) is 0 Å². The zero-order valence-electron chi connectivity index (χ0n) is 9.59. The lowest BCUT2D eigenvalue weighted by atomic mass is 9.92. The Kier molecular flexibility index (Phi) is 1.98. The minimum absolute atomic E-state index is 0.654. The maximum atomic E-state index is 2.47. The summed E-state index contributed by atoms with van der Waals surface area (Å²) in [6.07, 6.45) is 8.59. The van der Waals surface area contributed by atoms with Crippen LogP contribution in [0.5, 0.6) is 0 Å². The molecule has 0 amide bonds. The third-order valence-electron chi connectivity index (χ3n) is 3.64. The van der Waals surface area contributed by atoms with E-state index < -0.39 is 0 Å². The van der Waals surface area contributed by atoms with Crippen LogP contribution in [0, 0.1) is 0 Å². The minimum atomic E-state index is 0.654. The summed E-state index contributed by atoms with van der Waals surface area (Å²) < 4.78 is 0. The van der Waals surface area contributed by atoms with E-state index in [-0.39, 0.29) is 0 Å². The van der Waals surface area contributed by atoms with Gasteiger partial charge in [-0.1, -0.05) is 38.1 Å². The molecule has 0 atom stereocenters. The Morgan fingerprint density at radius 1 is 1.20 bits per heavy atom. The highest BCUT2D eigenvalue weighted by Crippen LogP contribution is 2.44. The monoisotopic (exact) mass is 198 g/mol. The molecule has 0 heteroatoms. The Bertz CT molecular complexity index is 420. The number of hydrogen-bond acceptors (Lipinski definition) is 0. The van der Waals surface area contributed by atoms with Crippen molar-refractivity contribution in [2.45, 2.75) is 44.9 Å². The van der Waals surface area contributed by atoms with E-state index in [4.69, 9.17) is 0 Å². The van der Waals surface area contributed by atoms with Gasteiger partial charge in [-0.25, -0.2) is 0 Å². The standard InChI is InChI=1S/C15H18/c1-10(2)13-8-12-4-3-5-14(12)15(9-13)11-6-7-11/h3-4,8-11H,5-7H2,1-2H3. The second-order valence-corrected chi connectivity index (χ2v) is 5.21. The zero-order chi connectivity index (χ0) is 10.4. The van der Waals surface area contributed by atoms with Gasteiger partial charge in [-0.3, -0.25) is 0 Å². The smallest absolute Gasteiger partial charge is 0.00853 e. The van der Waals surface area contributed by atoms with Crippen molar-refractivity contribution in [3.63, 3.8) is 0 Å². The highest BCUT2D eigenvalue weighted by molar-refractivity contribution is 5.64. The van der Waals surface area contributed by atoms with E-state index in [0.717, 1.165) is 5.92 Å². The average Bonchev–Trinajstić information content (AvgIpc) is 2.94. The predicted molar refractivity (Wildman–Crippen MR) is 65.2 cm³/mol. The molecular formula is C15H18. The van der Waals surface area contributed by atoms with Crippen LogP contribution in [-0.2, 0) is 6.42 Å². The molecule has 0 spiro atoms. The molecule has 0 radical (unpaired) electrons. The van der Waals surface area contributed by atoms with Crippen molar-refractivity contribution in [1.29, 1.82) is 0 Å². The van der Waals surface area contributed by atoms with Crippen molar-refractivity contribution in [3.8, 4) is 0 Å². The van der Waals surface area contributed by atoms with Crippen molar-refractivity contribution in [3.05, 3.63) is 40.5 Å². The van der Waals surface area contributed by atoms with Gasteiger partial charge in [-0.15, -0.1) is 0 Å². The van der Waals surface area contributed by atoms with Crippen LogP contribution in [0.25, 0.3) is 6.08 Å². The Morgan fingerprint density at radius 2 is 2.00 bits per heavy atom. The molecule has 2 aliphatic rings. The first-order chi connectivity index (χ1) is 7.25. The van der Waals surface area contributed by atoms with E-state index >= 15 is 0 Å². The van der Waals surface area contributed by atoms with Gasteiger partial charge in [-0.2, -0.15) is 0 Å². The fourth-order valence-electron chi connectivity index (χ4n) is 2.52. The third kappa shape index (κ3) is 1.52. The summed E-state index contributed by atoms with van der Waals surface area (Å²) >= 11 is 0. The molecule has 0 N–H and O–H groups in total. The molecule has 0 unspecified atom stereocenters. The van der Waals surface area contributed by atoms with E-state index in [0.29, 0.717) is 5.92 Å². The van der Waals surface area contributed by atoms with E-state index in [1.807, 2.05) is 0 Å². The molecule has 1 aromatic carbocycles. The molecule has 0 aromatic heterocycles. The Hall–Kier alpha value is -1.04. The fraction of sp³-hybridized carbons (Fsp3) is 0.467. The first kappa shape index (κ1) is 9.21. The van der Waals surface area contributed by atoms with Crippen LogP contribution in [0.3, 0.4) is 0 Å². The van der Waals surface area contributed by atoms with Crippen molar-refractivity contribution in [2.75, 3.05) is 0 Å². The molecule has 0 aliphatic heterocycles. The first-order valence-corrected chi connectivity index (χ1v) is 6.09. The second-order valence-electron chi connectivity index (χ2n) is 5.21. The highest BCUT2D eigenvalue weighted by Gasteiger charge is 2.28. The number of hydrogen-bond donors (Lipinski definition) is 0. The van der Waals surface area contributed by atoms with Gasteiger partial charge >= 0.3 is 0 Å². The number of rotatable bonds is 2. The van der Waals surface area contributed by atoms with Gasteiger partial charge in [-0.05, 0) is 53.4 Å². The van der Waals surface area contributed by atoms with Crippen LogP contribution in [0.15, 0.2) is 18.2 Å². The Labute approximate surface area is 92.0 Å². The van der Waals surface area contributed by atoms with E-state index in [1.54, 1.807) is 11.1 Å². The lowest BCUT2D eigenvalue weighted by Crippen LogP contribution is -1.96. The first-order valence-electron chi connectivity index (χ1n) is 6.09. The van der Waals surface area contributed by atoms with Crippen LogP contribution in [0.2, 0.25) is 0 Å². The van der Waals surface area contributed by atoms with E-state index in [1.165, 1.54) is 30.4 Å². The predicted octanol–water partition coefficient (Wildman–Crippen LogP) is 4.26. The molecule has 0 nitrogen and oxygen atoms in total. The number of allylic oxidation sites excluding steroid dienone is 1. The molecule has 2 aliphatic carbocycles. The summed E-state index contributed by atoms with van der Waals surface area (Å²) in [5.41, 5.74) is 6.27.